The summed E-state index contributed by atoms with van der Waals surface area (Å²) in [4.78, 5) is 21.7. The third-order valence-electron chi connectivity index (χ3n) is 3.94. The van der Waals surface area contributed by atoms with Gasteiger partial charge in [0.2, 0.25) is 0 Å². The first-order valence-corrected chi connectivity index (χ1v) is 10.4. The van der Waals surface area contributed by atoms with Gasteiger partial charge in [0.25, 0.3) is 0 Å². The van der Waals surface area contributed by atoms with Crippen molar-refractivity contribution in [2.75, 3.05) is 5.75 Å². The monoisotopic (exact) mass is 385 g/mol. The van der Waals surface area contributed by atoms with Gasteiger partial charge in [0, 0.05) is 28.5 Å². The average molecular weight is 386 g/mol. The molecule has 0 amide bonds. The normalized spacial score (nSPS) is 11.3. The van der Waals surface area contributed by atoms with Crippen LogP contribution in [0, 0.1) is 13.8 Å². The second kappa shape index (κ2) is 6.74. The Bertz CT molecular complexity index is 1010. The fourth-order valence-corrected chi connectivity index (χ4v) is 5.49. The van der Waals surface area contributed by atoms with E-state index in [2.05, 4.69) is 16.0 Å². The first kappa shape index (κ1) is 16.5. The van der Waals surface area contributed by atoms with Crippen molar-refractivity contribution in [2.24, 2.45) is 0 Å². The van der Waals surface area contributed by atoms with Crippen molar-refractivity contribution < 1.29 is 4.79 Å². The van der Waals surface area contributed by atoms with Crippen molar-refractivity contribution in [3.63, 3.8) is 0 Å². The third kappa shape index (κ3) is 3.15. The van der Waals surface area contributed by atoms with Gasteiger partial charge in [-0.2, -0.15) is 0 Å². The zero-order valence-corrected chi connectivity index (χ0v) is 16.2. The van der Waals surface area contributed by atoms with E-state index in [-0.39, 0.29) is 5.78 Å². The summed E-state index contributed by atoms with van der Waals surface area (Å²) in [6, 6.07) is 10.0. The Hall–Kier alpha value is -1.96. The SMILES string of the molecule is Cc1cc(C(=O)CSc2nc3ccccc3s2)c(C)n1-c1nccs1. The highest BCUT2D eigenvalue weighted by molar-refractivity contribution is 8.01. The van der Waals surface area contributed by atoms with Crippen LogP contribution < -0.4 is 0 Å². The first-order chi connectivity index (χ1) is 12.1. The average Bonchev–Trinajstić information content (AvgIpc) is 3.31. The molecule has 0 aliphatic heterocycles. The van der Waals surface area contributed by atoms with Crippen molar-refractivity contribution in [1.29, 1.82) is 0 Å². The van der Waals surface area contributed by atoms with Crippen molar-refractivity contribution in [3.8, 4) is 5.13 Å². The topological polar surface area (TPSA) is 47.8 Å². The van der Waals surface area contributed by atoms with Crippen LogP contribution >= 0.6 is 34.4 Å². The van der Waals surface area contributed by atoms with Crippen LogP contribution in [0.2, 0.25) is 0 Å². The van der Waals surface area contributed by atoms with Gasteiger partial charge in [0.1, 0.15) is 0 Å². The number of aromatic nitrogens is 3. The first-order valence-electron chi connectivity index (χ1n) is 7.74. The highest BCUT2D eigenvalue weighted by Crippen LogP contribution is 2.30. The van der Waals surface area contributed by atoms with E-state index in [0.29, 0.717) is 5.75 Å². The second-order valence-electron chi connectivity index (χ2n) is 5.59. The molecule has 4 rings (SSSR count). The Morgan fingerprint density at radius 2 is 2.12 bits per heavy atom. The summed E-state index contributed by atoms with van der Waals surface area (Å²) in [6.45, 7) is 3.98. The molecule has 0 saturated carbocycles. The molecule has 7 heteroatoms. The zero-order valence-electron chi connectivity index (χ0n) is 13.7. The Morgan fingerprint density at radius 3 is 2.88 bits per heavy atom. The lowest BCUT2D eigenvalue weighted by Crippen LogP contribution is -2.05. The van der Waals surface area contributed by atoms with E-state index in [1.165, 1.54) is 11.8 Å². The lowest BCUT2D eigenvalue weighted by molar-refractivity contribution is 0.102. The minimum Gasteiger partial charge on any atom is -0.294 e. The van der Waals surface area contributed by atoms with Gasteiger partial charge in [-0.15, -0.1) is 22.7 Å². The summed E-state index contributed by atoms with van der Waals surface area (Å²) in [5.74, 6) is 0.516. The maximum Gasteiger partial charge on any atom is 0.193 e. The largest absolute Gasteiger partial charge is 0.294 e. The van der Waals surface area contributed by atoms with E-state index in [1.54, 1.807) is 28.9 Å². The minimum atomic E-state index is 0.125. The standard InChI is InChI=1S/C18H15N3OS3/c1-11-9-13(12(2)21(11)17-19-7-8-23-17)15(22)10-24-18-20-14-5-3-4-6-16(14)25-18/h3-9H,10H2,1-2H3. The Balaban J connectivity index is 1.54. The summed E-state index contributed by atoms with van der Waals surface area (Å²) in [5, 5.41) is 2.84. The van der Waals surface area contributed by atoms with E-state index in [9.17, 15) is 4.79 Å². The van der Waals surface area contributed by atoms with E-state index in [1.807, 2.05) is 48.1 Å². The minimum absolute atomic E-state index is 0.125. The molecule has 0 aliphatic carbocycles. The molecule has 0 unspecified atom stereocenters. The lowest BCUT2D eigenvalue weighted by atomic mass is 10.2. The van der Waals surface area contributed by atoms with E-state index < -0.39 is 0 Å². The van der Waals surface area contributed by atoms with Gasteiger partial charge < -0.3 is 0 Å². The van der Waals surface area contributed by atoms with E-state index in [0.717, 1.165) is 36.6 Å². The van der Waals surface area contributed by atoms with Gasteiger partial charge in [0.05, 0.1) is 16.0 Å². The molecule has 1 aromatic carbocycles. The van der Waals surface area contributed by atoms with Gasteiger partial charge in [-0.05, 0) is 32.0 Å². The number of hydrogen-bond acceptors (Lipinski definition) is 6. The quantitative estimate of drug-likeness (QED) is 0.353. The fraction of sp³-hybridized carbons (Fsp3) is 0.167. The third-order valence-corrected chi connectivity index (χ3v) is 6.88. The molecule has 0 bridgehead atoms. The highest BCUT2D eigenvalue weighted by atomic mass is 32.2. The van der Waals surface area contributed by atoms with Crippen LogP contribution in [-0.4, -0.2) is 26.1 Å². The molecule has 4 nitrogen and oxygen atoms in total. The molecule has 0 radical (unpaired) electrons. The number of carbonyl (C=O) groups excluding carboxylic acids is 1. The lowest BCUT2D eigenvalue weighted by Gasteiger charge is -2.05. The number of carbonyl (C=O) groups is 1. The van der Waals surface area contributed by atoms with Crippen molar-refractivity contribution in [1.82, 2.24) is 14.5 Å². The Labute approximate surface area is 157 Å². The van der Waals surface area contributed by atoms with Crippen molar-refractivity contribution >= 4 is 50.4 Å². The number of thiazole rings is 2. The number of benzene rings is 1. The highest BCUT2D eigenvalue weighted by Gasteiger charge is 2.18. The zero-order chi connectivity index (χ0) is 17.4. The number of hydrogen-bond donors (Lipinski definition) is 0. The molecule has 25 heavy (non-hydrogen) atoms. The number of para-hydroxylation sites is 1. The number of rotatable bonds is 5. The maximum atomic E-state index is 12.7. The summed E-state index contributed by atoms with van der Waals surface area (Å²) < 4.78 is 4.13. The molecule has 3 aromatic heterocycles. The maximum absolute atomic E-state index is 12.7. The summed E-state index contributed by atoms with van der Waals surface area (Å²) in [7, 11) is 0. The summed E-state index contributed by atoms with van der Waals surface area (Å²) >= 11 is 4.71. The van der Waals surface area contributed by atoms with Crippen LogP contribution in [0.5, 0.6) is 0 Å². The van der Waals surface area contributed by atoms with Crippen LogP contribution in [0.1, 0.15) is 21.7 Å². The summed E-state index contributed by atoms with van der Waals surface area (Å²) in [6.07, 6.45) is 1.78. The van der Waals surface area contributed by atoms with Crippen molar-refractivity contribution in [3.05, 3.63) is 58.9 Å². The molecule has 4 aromatic rings. The molecule has 0 saturated heterocycles. The number of nitrogens with zero attached hydrogens (tertiary/aromatic N) is 3. The fourth-order valence-electron chi connectivity index (χ4n) is 2.78. The smallest absolute Gasteiger partial charge is 0.193 e. The Morgan fingerprint density at radius 1 is 1.28 bits per heavy atom. The van der Waals surface area contributed by atoms with Crippen LogP contribution in [-0.2, 0) is 0 Å². The molecule has 0 aliphatic rings. The van der Waals surface area contributed by atoms with Gasteiger partial charge in [-0.25, -0.2) is 9.97 Å². The Kier molecular flexibility index (Phi) is 4.45. The molecule has 0 fully saturated rings. The van der Waals surface area contributed by atoms with Gasteiger partial charge in [0.15, 0.2) is 15.3 Å². The second-order valence-corrected chi connectivity index (χ2v) is 8.72. The summed E-state index contributed by atoms with van der Waals surface area (Å²) in [5.41, 5.74) is 3.73. The number of Topliss-reactive ketones (excluding diaryl/α,β-unsaturated/α-hetero) is 1. The van der Waals surface area contributed by atoms with Gasteiger partial charge in [-0.1, -0.05) is 23.9 Å². The van der Waals surface area contributed by atoms with E-state index in [4.69, 9.17) is 0 Å². The number of ketones is 1. The van der Waals surface area contributed by atoms with Crippen LogP contribution in [0.15, 0.2) is 46.2 Å². The van der Waals surface area contributed by atoms with Crippen LogP contribution in [0.25, 0.3) is 15.3 Å². The molecule has 0 atom stereocenters. The molecule has 0 N–H and O–H groups in total. The molecule has 3 heterocycles. The van der Waals surface area contributed by atoms with Crippen molar-refractivity contribution in [2.45, 2.75) is 18.2 Å². The number of fused-ring (bicyclic) bond motifs is 1. The van der Waals surface area contributed by atoms with E-state index >= 15 is 0 Å². The molecular weight excluding hydrogens is 370 g/mol. The van der Waals surface area contributed by atoms with Gasteiger partial charge >= 0.3 is 0 Å². The number of aryl methyl sites for hydroxylation is 1. The molecule has 126 valence electrons. The van der Waals surface area contributed by atoms with Crippen LogP contribution in [0.3, 0.4) is 0 Å². The predicted molar refractivity (Wildman–Crippen MR) is 106 cm³/mol. The van der Waals surface area contributed by atoms with Crippen LogP contribution in [0.4, 0.5) is 0 Å². The molecular formula is C18H15N3OS3. The predicted octanol–water partition coefficient (Wildman–Crippen LogP) is 5.14. The molecule has 0 spiro atoms. The van der Waals surface area contributed by atoms with Gasteiger partial charge in [-0.3, -0.25) is 9.36 Å². The number of thioether (sulfide) groups is 1.